The standard InChI is InChI=1S/C15H16N6OS/c1-9(23-15-20-17-12(21(15)16)10-7-8-10)13-18-19-14(22-13)11-5-3-2-4-6-11/h2-6,9-10H,7-8,16H2,1H3/t9-/m0/s1. The van der Waals surface area contributed by atoms with Crippen LogP contribution < -0.4 is 5.84 Å². The molecule has 118 valence electrons. The summed E-state index contributed by atoms with van der Waals surface area (Å²) < 4.78 is 7.35. The highest BCUT2D eigenvalue weighted by Crippen LogP contribution is 2.40. The molecule has 1 aliphatic carbocycles. The van der Waals surface area contributed by atoms with E-state index in [1.54, 1.807) is 4.68 Å². The Morgan fingerprint density at radius 2 is 1.96 bits per heavy atom. The third-order valence-corrected chi connectivity index (χ3v) is 4.77. The molecule has 1 saturated carbocycles. The van der Waals surface area contributed by atoms with E-state index in [4.69, 9.17) is 10.3 Å². The normalized spacial score (nSPS) is 15.7. The van der Waals surface area contributed by atoms with Gasteiger partial charge in [-0.25, -0.2) is 4.68 Å². The first-order valence-electron chi connectivity index (χ1n) is 7.48. The van der Waals surface area contributed by atoms with Gasteiger partial charge < -0.3 is 10.3 Å². The Bertz CT molecular complexity index is 810. The monoisotopic (exact) mass is 328 g/mol. The van der Waals surface area contributed by atoms with Gasteiger partial charge in [-0.1, -0.05) is 30.0 Å². The third-order valence-electron chi connectivity index (χ3n) is 3.72. The van der Waals surface area contributed by atoms with E-state index in [-0.39, 0.29) is 5.25 Å². The maximum Gasteiger partial charge on any atom is 0.247 e. The second-order valence-electron chi connectivity index (χ2n) is 5.56. The van der Waals surface area contributed by atoms with Crippen molar-refractivity contribution in [2.75, 3.05) is 5.84 Å². The van der Waals surface area contributed by atoms with Crippen LogP contribution in [0.15, 0.2) is 39.9 Å². The van der Waals surface area contributed by atoms with Gasteiger partial charge in [-0.2, -0.15) is 0 Å². The molecule has 1 aromatic carbocycles. The van der Waals surface area contributed by atoms with Gasteiger partial charge in [0, 0.05) is 11.5 Å². The van der Waals surface area contributed by atoms with E-state index in [0.29, 0.717) is 22.9 Å². The molecule has 1 aliphatic rings. The molecule has 0 unspecified atom stereocenters. The topological polar surface area (TPSA) is 95.7 Å². The highest BCUT2D eigenvalue weighted by Gasteiger charge is 2.30. The molecule has 2 aromatic heterocycles. The van der Waals surface area contributed by atoms with Crippen LogP contribution in [0.3, 0.4) is 0 Å². The van der Waals surface area contributed by atoms with Crippen LogP contribution >= 0.6 is 11.8 Å². The number of nitrogens with two attached hydrogens (primary N) is 1. The van der Waals surface area contributed by atoms with Gasteiger partial charge in [0.1, 0.15) is 0 Å². The van der Waals surface area contributed by atoms with Crippen LogP contribution in [-0.4, -0.2) is 25.1 Å². The minimum atomic E-state index is -0.0569. The zero-order valence-corrected chi connectivity index (χ0v) is 13.4. The van der Waals surface area contributed by atoms with Crippen LogP contribution in [0.1, 0.15) is 42.6 Å². The second kappa shape index (κ2) is 5.69. The largest absolute Gasteiger partial charge is 0.419 e. The molecule has 3 aromatic rings. The number of benzene rings is 1. The average Bonchev–Trinajstić information content (AvgIpc) is 3.17. The maximum absolute atomic E-state index is 6.07. The summed E-state index contributed by atoms with van der Waals surface area (Å²) in [6.07, 6.45) is 2.28. The summed E-state index contributed by atoms with van der Waals surface area (Å²) in [7, 11) is 0. The van der Waals surface area contributed by atoms with Crippen molar-refractivity contribution >= 4 is 11.8 Å². The molecular formula is C15H16N6OS. The highest BCUT2D eigenvalue weighted by molar-refractivity contribution is 7.99. The molecule has 0 bridgehead atoms. The van der Waals surface area contributed by atoms with Crippen molar-refractivity contribution in [2.45, 2.75) is 36.1 Å². The summed E-state index contributed by atoms with van der Waals surface area (Å²) in [5, 5.41) is 17.2. The summed E-state index contributed by atoms with van der Waals surface area (Å²) in [6.45, 7) is 1.98. The van der Waals surface area contributed by atoms with Crippen LogP contribution in [0.5, 0.6) is 0 Å². The van der Waals surface area contributed by atoms with Gasteiger partial charge in [0.15, 0.2) is 5.82 Å². The Kier molecular flexibility index (Phi) is 3.53. The molecule has 8 heteroatoms. The Hall–Kier alpha value is -2.35. The van der Waals surface area contributed by atoms with Crippen molar-refractivity contribution in [1.29, 1.82) is 0 Å². The van der Waals surface area contributed by atoms with Crippen LogP contribution in [0.2, 0.25) is 0 Å². The minimum absolute atomic E-state index is 0.0569. The molecule has 1 atom stereocenters. The van der Waals surface area contributed by atoms with Gasteiger partial charge in [0.2, 0.25) is 16.9 Å². The lowest BCUT2D eigenvalue weighted by Gasteiger charge is -2.06. The SMILES string of the molecule is C[C@H](Sc1nnc(C2CC2)n1N)c1nnc(-c2ccccc2)o1. The quantitative estimate of drug-likeness (QED) is 0.568. The summed E-state index contributed by atoms with van der Waals surface area (Å²) in [6, 6.07) is 9.70. The molecule has 0 spiro atoms. The summed E-state index contributed by atoms with van der Waals surface area (Å²) >= 11 is 1.47. The number of nitrogen functional groups attached to an aromatic ring is 1. The van der Waals surface area contributed by atoms with Crippen LogP contribution in [0.25, 0.3) is 11.5 Å². The molecule has 0 saturated heterocycles. The zero-order valence-electron chi connectivity index (χ0n) is 12.6. The Morgan fingerprint density at radius 1 is 1.17 bits per heavy atom. The van der Waals surface area contributed by atoms with Crippen molar-refractivity contribution < 1.29 is 4.42 Å². The van der Waals surface area contributed by atoms with Crippen molar-refractivity contribution in [1.82, 2.24) is 25.1 Å². The number of thioether (sulfide) groups is 1. The maximum atomic E-state index is 6.07. The van der Waals surface area contributed by atoms with Gasteiger partial charge in [-0.3, -0.25) is 0 Å². The van der Waals surface area contributed by atoms with E-state index < -0.39 is 0 Å². The molecular weight excluding hydrogens is 312 g/mol. The predicted octanol–water partition coefficient (Wildman–Crippen LogP) is 2.77. The third kappa shape index (κ3) is 2.81. The minimum Gasteiger partial charge on any atom is -0.419 e. The van der Waals surface area contributed by atoms with E-state index in [1.807, 2.05) is 37.3 Å². The van der Waals surface area contributed by atoms with E-state index >= 15 is 0 Å². The van der Waals surface area contributed by atoms with E-state index in [1.165, 1.54) is 11.8 Å². The summed E-state index contributed by atoms with van der Waals surface area (Å²) in [4.78, 5) is 0. The van der Waals surface area contributed by atoms with Crippen LogP contribution in [0, 0.1) is 0 Å². The van der Waals surface area contributed by atoms with Gasteiger partial charge in [0.25, 0.3) is 0 Å². The van der Waals surface area contributed by atoms with Crippen LogP contribution in [-0.2, 0) is 0 Å². The molecule has 2 heterocycles. The molecule has 23 heavy (non-hydrogen) atoms. The Morgan fingerprint density at radius 3 is 2.70 bits per heavy atom. The Labute approximate surface area is 137 Å². The molecule has 4 rings (SSSR count). The van der Waals surface area contributed by atoms with Crippen molar-refractivity contribution in [3.63, 3.8) is 0 Å². The van der Waals surface area contributed by atoms with Crippen molar-refractivity contribution in [3.8, 4) is 11.5 Å². The lowest BCUT2D eigenvalue weighted by Crippen LogP contribution is -2.13. The fraction of sp³-hybridized carbons (Fsp3) is 0.333. The van der Waals surface area contributed by atoms with Crippen molar-refractivity contribution in [2.24, 2.45) is 0 Å². The number of hydrogen-bond acceptors (Lipinski definition) is 7. The van der Waals surface area contributed by atoms with Gasteiger partial charge in [-0.15, -0.1) is 20.4 Å². The van der Waals surface area contributed by atoms with E-state index in [0.717, 1.165) is 24.2 Å². The zero-order chi connectivity index (χ0) is 15.8. The first kappa shape index (κ1) is 14.3. The molecule has 0 radical (unpaired) electrons. The second-order valence-corrected chi connectivity index (χ2v) is 6.86. The van der Waals surface area contributed by atoms with E-state index in [2.05, 4.69) is 20.4 Å². The smallest absolute Gasteiger partial charge is 0.247 e. The first-order chi connectivity index (χ1) is 11.2. The molecule has 2 N–H and O–H groups in total. The van der Waals surface area contributed by atoms with Gasteiger partial charge in [0.05, 0.1) is 5.25 Å². The average molecular weight is 328 g/mol. The lowest BCUT2D eigenvalue weighted by molar-refractivity contribution is 0.508. The predicted molar refractivity (Wildman–Crippen MR) is 86.2 cm³/mol. The van der Waals surface area contributed by atoms with Gasteiger partial charge >= 0.3 is 0 Å². The van der Waals surface area contributed by atoms with Gasteiger partial charge in [-0.05, 0) is 31.9 Å². The summed E-state index contributed by atoms with van der Waals surface area (Å²) in [5.74, 6) is 8.45. The Balaban J connectivity index is 1.51. The number of hydrogen-bond donors (Lipinski definition) is 1. The van der Waals surface area contributed by atoms with Crippen molar-refractivity contribution in [3.05, 3.63) is 42.0 Å². The molecule has 7 nitrogen and oxygen atoms in total. The number of aromatic nitrogens is 5. The number of rotatable bonds is 5. The summed E-state index contributed by atoms with van der Waals surface area (Å²) in [5.41, 5.74) is 0.904. The number of nitrogens with zero attached hydrogens (tertiary/aromatic N) is 5. The molecule has 1 fully saturated rings. The fourth-order valence-corrected chi connectivity index (χ4v) is 3.10. The molecule has 0 aliphatic heterocycles. The van der Waals surface area contributed by atoms with Crippen LogP contribution in [0.4, 0.5) is 0 Å². The highest BCUT2D eigenvalue weighted by atomic mass is 32.2. The fourth-order valence-electron chi connectivity index (χ4n) is 2.29. The molecule has 0 amide bonds. The first-order valence-corrected chi connectivity index (χ1v) is 8.36. The lowest BCUT2D eigenvalue weighted by atomic mass is 10.2. The van der Waals surface area contributed by atoms with E-state index in [9.17, 15) is 0 Å².